The third-order valence-corrected chi connectivity index (χ3v) is 4.58. The smallest absolute Gasteiger partial charge is 0.252 e. The van der Waals surface area contributed by atoms with Gasteiger partial charge in [0.25, 0.3) is 5.91 Å². The Hall–Kier alpha value is -1.18. The molecule has 1 fully saturated rings. The monoisotopic (exact) mass is 334 g/mol. The van der Waals surface area contributed by atoms with Crippen LogP contribution in [0, 0.1) is 11.7 Å². The Morgan fingerprint density at radius 1 is 1.43 bits per heavy atom. The number of carbonyl (C=O) groups is 1. The van der Waals surface area contributed by atoms with Crippen LogP contribution in [0.4, 0.5) is 4.39 Å². The quantitative estimate of drug-likeness (QED) is 0.780. The molecule has 0 aliphatic heterocycles. The topological polar surface area (TPSA) is 89.3 Å². The van der Waals surface area contributed by atoms with Crippen molar-refractivity contribution in [2.75, 3.05) is 6.54 Å². The van der Waals surface area contributed by atoms with Crippen LogP contribution in [0.1, 0.15) is 36.0 Å². The summed E-state index contributed by atoms with van der Waals surface area (Å²) in [5.41, 5.74) is -0.103. The molecule has 0 saturated heterocycles. The van der Waals surface area contributed by atoms with Gasteiger partial charge in [-0.1, -0.05) is 24.4 Å². The van der Waals surface area contributed by atoms with Crippen LogP contribution in [0.5, 0.6) is 0 Å². The molecule has 0 aromatic heterocycles. The van der Waals surface area contributed by atoms with Crippen LogP contribution in [0.2, 0.25) is 5.02 Å². The minimum atomic E-state index is -4.25. The van der Waals surface area contributed by atoms with Gasteiger partial charge in [-0.3, -0.25) is 4.79 Å². The van der Waals surface area contributed by atoms with E-state index in [0.29, 0.717) is 6.54 Å². The van der Waals surface area contributed by atoms with Crippen LogP contribution in [0.25, 0.3) is 0 Å². The number of amides is 1. The normalized spacial score (nSPS) is 15.0. The van der Waals surface area contributed by atoms with Gasteiger partial charge in [0, 0.05) is 6.54 Å². The van der Waals surface area contributed by atoms with Gasteiger partial charge in [-0.05, 0) is 30.9 Å². The molecule has 21 heavy (non-hydrogen) atoms. The summed E-state index contributed by atoms with van der Waals surface area (Å²) in [5.74, 6) is -0.848. The second-order valence-electron chi connectivity index (χ2n) is 5.15. The second-order valence-corrected chi connectivity index (χ2v) is 7.09. The summed E-state index contributed by atoms with van der Waals surface area (Å²) in [6.07, 6.45) is 4.39. The molecule has 0 spiro atoms. The molecule has 0 heterocycles. The highest BCUT2D eigenvalue weighted by Gasteiger charge is 2.22. The molecule has 0 atom stereocenters. The van der Waals surface area contributed by atoms with Gasteiger partial charge < -0.3 is 5.32 Å². The summed E-state index contributed by atoms with van der Waals surface area (Å²) in [6, 6.07) is 1.64. The maximum absolute atomic E-state index is 13.5. The van der Waals surface area contributed by atoms with Crippen molar-refractivity contribution in [1.29, 1.82) is 0 Å². The molecule has 0 radical (unpaired) electrons. The van der Waals surface area contributed by atoms with Crippen molar-refractivity contribution < 1.29 is 17.6 Å². The summed E-state index contributed by atoms with van der Waals surface area (Å²) >= 11 is 5.78. The SMILES string of the molecule is NS(=O)(=O)c1cc(C(=O)NCCCC2CC2)c(Cl)cc1F. The highest BCUT2D eigenvalue weighted by molar-refractivity contribution is 7.89. The van der Waals surface area contributed by atoms with Crippen molar-refractivity contribution in [2.24, 2.45) is 11.1 Å². The molecule has 1 amide bonds. The Balaban J connectivity index is 2.08. The van der Waals surface area contributed by atoms with E-state index in [1.54, 1.807) is 0 Å². The van der Waals surface area contributed by atoms with Gasteiger partial charge in [-0.15, -0.1) is 0 Å². The number of nitrogens with one attached hydrogen (secondary N) is 1. The first kappa shape index (κ1) is 16.2. The van der Waals surface area contributed by atoms with Crippen LogP contribution in [0.3, 0.4) is 0 Å². The Bertz CT molecular complexity index is 660. The second kappa shape index (κ2) is 6.29. The maximum atomic E-state index is 13.5. The fourth-order valence-electron chi connectivity index (χ4n) is 2.02. The molecule has 0 unspecified atom stereocenters. The summed E-state index contributed by atoms with van der Waals surface area (Å²) in [7, 11) is -4.25. The van der Waals surface area contributed by atoms with Crippen molar-refractivity contribution in [3.05, 3.63) is 28.5 Å². The summed E-state index contributed by atoms with van der Waals surface area (Å²) in [5, 5.41) is 7.38. The van der Waals surface area contributed by atoms with Gasteiger partial charge in [0.05, 0.1) is 10.6 Å². The molecule has 1 aromatic carbocycles. The number of carbonyl (C=O) groups excluding carboxylic acids is 1. The highest BCUT2D eigenvalue weighted by Crippen LogP contribution is 2.33. The largest absolute Gasteiger partial charge is 0.352 e. The number of rotatable bonds is 6. The number of hydrogen-bond acceptors (Lipinski definition) is 3. The first-order valence-electron chi connectivity index (χ1n) is 6.59. The zero-order chi connectivity index (χ0) is 15.6. The fraction of sp³-hybridized carbons (Fsp3) is 0.462. The average molecular weight is 335 g/mol. The van der Waals surface area contributed by atoms with Gasteiger partial charge in [0.15, 0.2) is 0 Å². The Labute approximate surface area is 127 Å². The third-order valence-electron chi connectivity index (χ3n) is 3.34. The van der Waals surface area contributed by atoms with Gasteiger partial charge in [0.1, 0.15) is 10.7 Å². The molecule has 1 saturated carbocycles. The van der Waals surface area contributed by atoms with Crippen LogP contribution >= 0.6 is 11.6 Å². The number of benzene rings is 1. The van der Waals surface area contributed by atoms with E-state index in [1.807, 2.05) is 0 Å². The standard InChI is InChI=1S/C13H16ClFN2O3S/c14-10-7-11(15)12(21(16,19)20)6-9(10)13(18)17-5-1-2-8-3-4-8/h6-8H,1-5H2,(H,17,18)(H2,16,19,20). The van der Waals surface area contributed by atoms with Gasteiger partial charge in [-0.25, -0.2) is 17.9 Å². The van der Waals surface area contributed by atoms with Gasteiger partial charge >= 0.3 is 0 Å². The van der Waals surface area contributed by atoms with Crippen molar-refractivity contribution in [3.8, 4) is 0 Å². The van der Waals surface area contributed by atoms with Crippen molar-refractivity contribution in [3.63, 3.8) is 0 Å². The van der Waals surface area contributed by atoms with Crippen LogP contribution < -0.4 is 10.5 Å². The lowest BCUT2D eigenvalue weighted by molar-refractivity contribution is 0.0952. The number of halogens is 2. The lowest BCUT2D eigenvalue weighted by atomic mass is 10.2. The molecule has 3 N–H and O–H groups in total. The van der Waals surface area contributed by atoms with E-state index in [4.69, 9.17) is 16.7 Å². The number of hydrogen-bond donors (Lipinski definition) is 2. The third kappa shape index (κ3) is 4.39. The maximum Gasteiger partial charge on any atom is 0.252 e. The predicted molar refractivity (Wildman–Crippen MR) is 77.1 cm³/mol. The van der Waals surface area contributed by atoms with Crippen molar-refractivity contribution in [2.45, 2.75) is 30.6 Å². The predicted octanol–water partition coefficient (Wildman–Crippen LogP) is 2.05. The molecular formula is C13H16ClFN2O3S. The molecule has 5 nitrogen and oxygen atoms in total. The summed E-state index contributed by atoms with van der Waals surface area (Å²) < 4.78 is 36.0. The minimum Gasteiger partial charge on any atom is -0.352 e. The summed E-state index contributed by atoms with van der Waals surface area (Å²) in [4.78, 5) is 11.2. The molecule has 1 aromatic rings. The zero-order valence-corrected chi connectivity index (χ0v) is 12.8. The van der Waals surface area contributed by atoms with E-state index in [-0.39, 0.29) is 10.6 Å². The van der Waals surface area contributed by atoms with E-state index < -0.39 is 26.6 Å². The first-order chi connectivity index (χ1) is 9.79. The van der Waals surface area contributed by atoms with Crippen molar-refractivity contribution in [1.82, 2.24) is 5.32 Å². The molecule has 1 aliphatic carbocycles. The number of sulfonamides is 1. The van der Waals surface area contributed by atoms with E-state index in [2.05, 4.69) is 5.32 Å². The molecule has 8 heteroatoms. The number of nitrogens with two attached hydrogens (primary N) is 1. The summed E-state index contributed by atoms with van der Waals surface area (Å²) in [6.45, 7) is 0.466. The lowest BCUT2D eigenvalue weighted by Gasteiger charge is -2.09. The Kier molecular flexibility index (Phi) is 4.85. The number of primary sulfonamides is 1. The van der Waals surface area contributed by atoms with Crippen LogP contribution in [-0.2, 0) is 10.0 Å². The lowest BCUT2D eigenvalue weighted by Crippen LogP contribution is -2.25. The van der Waals surface area contributed by atoms with E-state index >= 15 is 0 Å². The van der Waals surface area contributed by atoms with Gasteiger partial charge in [-0.2, -0.15) is 0 Å². The zero-order valence-electron chi connectivity index (χ0n) is 11.2. The van der Waals surface area contributed by atoms with E-state index in [9.17, 15) is 17.6 Å². The van der Waals surface area contributed by atoms with Crippen molar-refractivity contribution >= 4 is 27.5 Å². The highest BCUT2D eigenvalue weighted by atomic mass is 35.5. The van der Waals surface area contributed by atoms with Gasteiger partial charge in [0.2, 0.25) is 10.0 Å². The fourth-order valence-corrected chi connectivity index (χ4v) is 2.86. The average Bonchev–Trinajstić information content (AvgIpc) is 3.16. The van der Waals surface area contributed by atoms with E-state index in [1.165, 1.54) is 12.8 Å². The van der Waals surface area contributed by atoms with E-state index in [0.717, 1.165) is 30.9 Å². The molecule has 0 bridgehead atoms. The first-order valence-corrected chi connectivity index (χ1v) is 8.51. The van der Waals surface area contributed by atoms with Crippen LogP contribution in [-0.4, -0.2) is 20.9 Å². The minimum absolute atomic E-state index is 0.103. The van der Waals surface area contributed by atoms with Crippen LogP contribution in [0.15, 0.2) is 17.0 Å². The molecule has 116 valence electrons. The molecular weight excluding hydrogens is 319 g/mol. The Morgan fingerprint density at radius 3 is 2.67 bits per heavy atom. The molecule has 2 rings (SSSR count). The molecule has 1 aliphatic rings. The Morgan fingerprint density at radius 2 is 2.10 bits per heavy atom.